The third kappa shape index (κ3) is 6.84. The lowest BCUT2D eigenvalue weighted by Gasteiger charge is -2.47. The monoisotopic (exact) mass is 625 g/mol. The van der Waals surface area contributed by atoms with E-state index >= 15 is 0 Å². The van der Waals surface area contributed by atoms with Gasteiger partial charge in [-0.15, -0.1) is 0 Å². The summed E-state index contributed by atoms with van der Waals surface area (Å²) in [6, 6.07) is 14.7. The zero-order valence-electron chi connectivity index (χ0n) is 26.4. The highest BCUT2D eigenvalue weighted by Crippen LogP contribution is 2.45. The lowest BCUT2D eigenvalue weighted by molar-refractivity contribution is -0.384. The standard InChI is InChI=1S/C35H39N5O6/c1-24-30(33(42)45-2)31(38-34(37-24)46-3)28-16-15-27(40(43)44)23-29(28)32(41)36-19-10-20-39-21-17-35(18-22-39,25-11-6-4-7-12-25)26-13-8-5-9-14-26/h4-9,11-13,15-16,23,26H,10,14,17-22H2,1-3H3,(H,36,41). The van der Waals surface area contributed by atoms with Gasteiger partial charge in [0.05, 0.1) is 36.1 Å². The number of allylic oxidation sites excluding steroid dienone is 4. The van der Waals surface area contributed by atoms with Crippen molar-refractivity contribution in [3.05, 3.63) is 105 Å². The first-order valence-corrected chi connectivity index (χ1v) is 15.5. The van der Waals surface area contributed by atoms with Gasteiger partial charge in [-0.1, -0.05) is 54.6 Å². The number of hydrogen-bond donors (Lipinski definition) is 1. The zero-order valence-corrected chi connectivity index (χ0v) is 26.4. The Balaban J connectivity index is 1.28. The van der Waals surface area contributed by atoms with Gasteiger partial charge in [-0.3, -0.25) is 14.9 Å². The Morgan fingerprint density at radius 2 is 1.85 bits per heavy atom. The molecule has 2 aliphatic rings. The number of nitrogens with one attached hydrogen (secondary N) is 1. The van der Waals surface area contributed by atoms with Gasteiger partial charge in [0.15, 0.2) is 0 Å². The molecule has 0 saturated carbocycles. The molecule has 1 unspecified atom stereocenters. The second-order valence-electron chi connectivity index (χ2n) is 11.6. The number of benzene rings is 2. The second-order valence-corrected chi connectivity index (χ2v) is 11.6. The van der Waals surface area contributed by atoms with E-state index in [4.69, 9.17) is 9.47 Å². The Hall–Kier alpha value is -4.90. The maximum atomic E-state index is 13.5. The van der Waals surface area contributed by atoms with Crippen LogP contribution in [0.25, 0.3) is 11.3 Å². The number of carbonyl (C=O) groups excluding carboxylic acids is 2. The van der Waals surface area contributed by atoms with Crippen molar-refractivity contribution in [3.63, 3.8) is 0 Å². The average molecular weight is 626 g/mol. The summed E-state index contributed by atoms with van der Waals surface area (Å²) in [5, 5.41) is 14.5. The number of piperidine rings is 1. The van der Waals surface area contributed by atoms with E-state index in [1.165, 1.54) is 38.0 Å². The fourth-order valence-corrected chi connectivity index (χ4v) is 6.63. The Bertz CT molecular complexity index is 1650. The molecule has 1 atom stereocenters. The normalized spacial score (nSPS) is 17.3. The molecular formula is C35H39N5O6. The summed E-state index contributed by atoms with van der Waals surface area (Å²) in [6.07, 6.45) is 12.7. The molecule has 11 nitrogen and oxygen atoms in total. The van der Waals surface area contributed by atoms with E-state index in [1.54, 1.807) is 6.92 Å². The molecular weight excluding hydrogens is 586 g/mol. The molecule has 1 aromatic heterocycles. The third-order valence-corrected chi connectivity index (χ3v) is 9.08. The number of rotatable bonds is 11. The number of nitrogens with zero attached hydrogens (tertiary/aromatic N) is 4. The largest absolute Gasteiger partial charge is 0.467 e. The predicted octanol–water partition coefficient (Wildman–Crippen LogP) is 5.44. The van der Waals surface area contributed by atoms with E-state index in [-0.39, 0.29) is 45.2 Å². The van der Waals surface area contributed by atoms with Crippen LogP contribution in [0.2, 0.25) is 0 Å². The maximum Gasteiger partial charge on any atom is 0.341 e. The van der Waals surface area contributed by atoms with Gasteiger partial charge in [0.1, 0.15) is 5.56 Å². The van der Waals surface area contributed by atoms with Crippen molar-refractivity contribution >= 4 is 17.6 Å². The van der Waals surface area contributed by atoms with Crippen molar-refractivity contribution in [1.82, 2.24) is 20.2 Å². The molecule has 5 rings (SSSR count). The SMILES string of the molecule is COC(=O)c1c(C)nc(OC)nc1-c1ccc([N+](=O)[O-])cc1C(=O)NCCCN1CCC(c2ccccc2)(C2C=CC=CC2)CC1. The van der Waals surface area contributed by atoms with E-state index < -0.39 is 16.8 Å². The van der Waals surface area contributed by atoms with Gasteiger partial charge in [0.2, 0.25) is 0 Å². The van der Waals surface area contributed by atoms with Crippen molar-refractivity contribution < 1.29 is 24.0 Å². The summed E-state index contributed by atoms with van der Waals surface area (Å²) in [6.45, 7) is 4.68. The molecule has 1 N–H and O–H groups in total. The Morgan fingerprint density at radius 3 is 2.50 bits per heavy atom. The highest BCUT2D eigenvalue weighted by molar-refractivity contribution is 6.05. The van der Waals surface area contributed by atoms with Gasteiger partial charge in [-0.25, -0.2) is 4.79 Å². The Labute approximate surface area is 268 Å². The third-order valence-electron chi connectivity index (χ3n) is 9.08. The fourth-order valence-electron chi connectivity index (χ4n) is 6.63. The first-order chi connectivity index (χ1) is 22.3. The summed E-state index contributed by atoms with van der Waals surface area (Å²) in [4.78, 5) is 48.2. The Kier molecular flexibility index (Phi) is 10.2. The van der Waals surface area contributed by atoms with Crippen molar-refractivity contribution in [2.75, 3.05) is 40.4 Å². The van der Waals surface area contributed by atoms with Crippen molar-refractivity contribution in [2.45, 2.75) is 38.0 Å². The lowest BCUT2D eigenvalue weighted by Crippen LogP contribution is -2.47. The average Bonchev–Trinajstić information content (AvgIpc) is 3.10. The van der Waals surface area contributed by atoms with Crippen LogP contribution >= 0.6 is 0 Å². The highest BCUT2D eigenvalue weighted by atomic mass is 16.6. The minimum absolute atomic E-state index is 0.0136. The van der Waals surface area contributed by atoms with Crippen LogP contribution in [0, 0.1) is 23.0 Å². The molecule has 240 valence electrons. The van der Waals surface area contributed by atoms with Crippen LogP contribution in [0.4, 0.5) is 5.69 Å². The number of nitro benzene ring substituents is 1. The van der Waals surface area contributed by atoms with E-state index in [0.29, 0.717) is 18.9 Å². The first kappa shape index (κ1) is 32.5. The summed E-state index contributed by atoms with van der Waals surface area (Å²) in [7, 11) is 2.61. The number of nitro groups is 1. The Morgan fingerprint density at radius 1 is 1.09 bits per heavy atom. The predicted molar refractivity (Wildman–Crippen MR) is 174 cm³/mol. The number of hydrogen-bond acceptors (Lipinski definition) is 9. The van der Waals surface area contributed by atoms with Gasteiger partial charge in [-0.05, 0) is 69.8 Å². The second kappa shape index (κ2) is 14.5. The van der Waals surface area contributed by atoms with Gasteiger partial charge in [0, 0.05) is 29.7 Å². The van der Waals surface area contributed by atoms with Crippen molar-refractivity contribution in [3.8, 4) is 17.3 Å². The van der Waals surface area contributed by atoms with E-state index in [0.717, 1.165) is 38.9 Å². The topological polar surface area (TPSA) is 137 Å². The fraction of sp³-hybridized carbons (Fsp3) is 0.371. The van der Waals surface area contributed by atoms with Crippen LogP contribution < -0.4 is 10.1 Å². The molecule has 0 radical (unpaired) electrons. The molecule has 1 aliphatic carbocycles. The van der Waals surface area contributed by atoms with Gasteiger partial charge in [-0.2, -0.15) is 9.97 Å². The number of aryl methyl sites for hydroxylation is 1. The quantitative estimate of drug-likeness (QED) is 0.128. The molecule has 0 spiro atoms. The molecule has 3 aromatic rings. The molecule has 1 amide bonds. The minimum Gasteiger partial charge on any atom is -0.467 e. The molecule has 1 aliphatic heterocycles. The van der Waals surface area contributed by atoms with Crippen LogP contribution in [0.3, 0.4) is 0 Å². The number of aromatic nitrogens is 2. The number of likely N-dealkylation sites (tertiary alicyclic amines) is 1. The molecule has 2 heterocycles. The summed E-state index contributed by atoms with van der Waals surface area (Å²) >= 11 is 0. The van der Waals surface area contributed by atoms with Crippen LogP contribution in [-0.4, -0.2) is 72.1 Å². The number of methoxy groups -OCH3 is 2. The molecule has 0 bridgehead atoms. The van der Waals surface area contributed by atoms with Gasteiger partial charge in [0.25, 0.3) is 11.6 Å². The highest BCUT2D eigenvalue weighted by Gasteiger charge is 2.41. The van der Waals surface area contributed by atoms with Crippen LogP contribution in [0.1, 0.15) is 57.7 Å². The molecule has 2 aromatic carbocycles. The van der Waals surface area contributed by atoms with Gasteiger partial charge < -0.3 is 19.7 Å². The van der Waals surface area contributed by atoms with Gasteiger partial charge >= 0.3 is 12.0 Å². The molecule has 11 heteroatoms. The molecule has 1 saturated heterocycles. The van der Waals surface area contributed by atoms with Crippen LogP contribution in [0.5, 0.6) is 6.01 Å². The molecule has 1 fully saturated rings. The van der Waals surface area contributed by atoms with E-state index in [1.807, 2.05) is 0 Å². The summed E-state index contributed by atoms with van der Waals surface area (Å²) in [5.74, 6) is -0.749. The lowest BCUT2D eigenvalue weighted by atomic mass is 9.62. The smallest absolute Gasteiger partial charge is 0.341 e. The number of ether oxygens (including phenoxy) is 2. The number of non-ortho nitro benzene ring substituents is 1. The van der Waals surface area contributed by atoms with Crippen molar-refractivity contribution in [2.24, 2.45) is 5.92 Å². The summed E-state index contributed by atoms with van der Waals surface area (Å²) < 4.78 is 10.1. The van der Waals surface area contributed by atoms with E-state index in [2.05, 4.69) is 74.8 Å². The summed E-state index contributed by atoms with van der Waals surface area (Å²) in [5.41, 5.74) is 1.89. The number of carbonyl (C=O) groups is 2. The number of amides is 1. The van der Waals surface area contributed by atoms with Crippen molar-refractivity contribution in [1.29, 1.82) is 0 Å². The van der Waals surface area contributed by atoms with Crippen LogP contribution in [-0.2, 0) is 10.2 Å². The van der Waals surface area contributed by atoms with E-state index in [9.17, 15) is 19.7 Å². The van der Waals surface area contributed by atoms with Crippen LogP contribution in [0.15, 0.2) is 72.8 Å². The minimum atomic E-state index is -0.700. The maximum absolute atomic E-state index is 13.5. The number of esters is 1. The first-order valence-electron chi connectivity index (χ1n) is 15.5. The zero-order chi connectivity index (χ0) is 32.7. The molecule has 46 heavy (non-hydrogen) atoms.